The third-order valence-electron chi connectivity index (χ3n) is 3.58. The fraction of sp³-hybridized carbons (Fsp3) is 0.462. The zero-order valence-electron chi connectivity index (χ0n) is 11.0. The van der Waals surface area contributed by atoms with E-state index in [9.17, 15) is 0 Å². The van der Waals surface area contributed by atoms with Crippen LogP contribution in [0, 0.1) is 0 Å². The highest BCUT2D eigenvalue weighted by Gasteiger charge is 2.28. The van der Waals surface area contributed by atoms with Crippen molar-refractivity contribution in [1.82, 2.24) is 0 Å². The average Bonchev–Trinajstić information content (AvgIpc) is 2.83. The fourth-order valence-corrected chi connectivity index (χ4v) is 2.68. The van der Waals surface area contributed by atoms with Crippen LogP contribution in [0.2, 0.25) is 5.02 Å². The number of halogens is 1. The zero-order chi connectivity index (χ0) is 14.0. The molecule has 0 amide bonds. The van der Waals surface area contributed by atoms with E-state index in [-0.39, 0.29) is 11.9 Å². The Hall–Kier alpha value is -1.46. The molecule has 1 aromatic rings. The molecule has 2 atom stereocenters. The molecule has 0 aromatic heterocycles. The smallest absolute Gasteiger partial charge is 0.171 e. The molecule has 1 aliphatic rings. The van der Waals surface area contributed by atoms with E-state index in [0.29, 0.717) is 16.6 Å². The van der Waals surface area contributed by atoms with Crippen LogP contribution in [0.5, 0.6) is 0 Å². The molecular weight excluding hydrogens is 266 g/mol. The number of nitrogens with zero attached hydrogens (tertiary/aromatic N) is 2. The summed E-state index contributed by atoms with van der Waals surface area (Å²) in [6, 6.07) is 5.82. The van der Waals surface area contributed by atoms with E-state index >= 15 is 0 Å². The van der Waals surface area contributed by atoms with Crippen LogP contribution >= 0.6 is 11.6 Å². The molecule has 5 nitrogen and oxygen atoms in total. The molecule has 0 spiro atoms. The monoisotopic (exact) mass is 283 g/mol. The van der Waals surface area contributed by atoms with E-state index in [2.05, 4.69) is 17.0 Å². The summed E-state index contributed by atoms with van der Waals surface area (Å²) in [7, 11) is 2.02. The lowest BCUT2D eigenvalue weighted by Crippen LogP contribution is -2.36. The van der Waals surface area contributed by atoms with Gasteiger partial charge < -0.3 is 20.6 Å². The summed E-state index contributed by atoms with van der Waals surface area (Å²) in [5.74, 6) is 0.0109. The molecule has 2 rings (SSSR count). The normalized spacial score (nSPS) is 23.6. The maximum atomic E-state index is 8.68. The summed E-state index contributed by atoms with van der Waals surface area (Å²) >= 11 is 6.16. The number of benzene rings is 1. The minimum Gasteiger partial charge on any atom is -0.409 e. The Bertz CT molecular complexity index is 493. The van der Waals surface area contributed by atoms with Gasteiger partial charge in [0.1, 0.15) is 0 Å². The van der Waals surface area contributed by atoms with Gasteiger partial charge in [-0.1, -0.05) is 16.8 Å². The summed E-state index contributed by atoms with van der Waals surface area (Å²) in [5, 5.41) is 12.1. The van der Waals surface area contributed by atoms with Crippen LogP contribution in [0.25, 0.3) is 0 Å². The highest BCUT2D eigenvalue weighted by atomic mass is 35.5. The maximum absolute atomic E-state index is 8.68. The number of nitrogens with two attached hydrogens (primary N) is 1. The second-order valence-corrected chi connectivity index (χ2v) is 5.10. The number of likely N-dealkylation sites (N-methyl/N-ethyl adjacent to an activating group) is 1. The topological polar surface area (TPSA) is 71.1 Å². The number of amidine groups is 1. The summed E-state index contributed by atoms with van der Waals surface area (Å²) in [6.45, 7) is 2.85. The van der Waals surface area contributed by atoms with Gasteiger partial charge in [-0.15, -0.1) is 0 Å². The molecule has 1 fully saturated rings. The molecule has 0 aliphatic carbocycles. The number of ether oxygens (including phenoxy) is 1. The number of rotatable bonds is 3. The third kappa shape index (κ3) is 2.77. The molecule has 104 valence electrons. The van der Waals surface area contributed by atoms with Gasteiger partial charge in [-0.05, 0) is 31.5 Å². The molecule has 19 heavy (non-hydrogen) atoms. The Morgan fingerprint density at radius 1 is 1.58 bits per heavy atom. The Labute approximate surface area is 117 Å². The van der Waals surface area contributed by atoms with Crippen molar-refractivity contribution in [3.8, 4) is 0 Å². The van der Waals surface area contributed by atoms with Crippen molar-refractivity contribution >= 4 is 23.1 Å². The van der Waals surface area contributed by atoms with Gasteiger partial charge in [-0.2, -0.15) is 0 Å². The summed E-state index contributed by atoms with van der Waals surface area (Å²) in [5.41, 5.74) is 7.06. The Kier molecular flexibility index (Phi) is 4.17. The van der Waals surface area contributed by atoms with Crippen molar-refractivity contribution in [2.75, 3.05) is 18.6 Å². The van der Waals surface area contributed by atoms with Gasteiger partial charge in [0.25, 0.3) is 0 Å². The molecule has 0 bridgehead atoms. The van der Waals surface area contributed by atoms with Gasteiger partial charge in [0, 0.05) is 24.9 Å². The van der Waals surface area contributed by atoms with Crippen LogP contribution in [0.1, 0.15) is 18.9 Å². The van der Waals surface area contributed by atoms with Crippen molar-refractivity contribution in [2.24, 2.45) is 10.9 Å². The van der Waals surface area contributed by atoms with Crippen molar-refractivity contribution < 1.29 is 9.94 Å². The predicted molar refractivity (Wildman–Crippen MR) is 76.2 cm³/mol. The first-order valence-electron chi connectivity index (χ1n) is 6.16. The van der Waals surface area contributed by atoms with Gasteiger partial charge in [-0.3, -0.25) is 0 Å². The quantitative estimate of drug-likeness (QED) is 0.385. The van der Waals surface area contributed by atoms with Crippen molar-refractivity contribution in [3.05, 3.63) is 28.8 Å². The Morgan fingerprint density at radius 2 is 2.32 bits per heavy atom. The molecule has 0 saturated carbocycles. The van der Waals surface area contributed by atoms with Gasteiger partial charge >= 0.3 is 0 Å². The summed E-state index contributed by atoms with van der Waals surface area (Å²) < 4.78 is 5.57. The molecular formula is C13H18ClN3O2. The molecule has 6 heteroatoms. The molecule has 1 aliphatic heterocycles. The van der Waals surface area contributed by atoms with Crippen LogP contribution in [0.15, 0.2) is 23.4 Å². The molecule has 1 aromatic carbocycles. The minimum atomic E-state index is 0.0109. The Morgan fingerprint density at radius 3 is 2.84 bits per heavy atom. The molecule has 1 saturated heterocycles. The molecule has 3 N–H and O–H groups in total. The Balaban J connectivity index is 2.24. The third-order valence-corrected chi connectivity index (χ3v) is 3.89. The second-order valence-electron chi connectivity index (χ2n) is 4.69. The van der Waals surface area contributed by atoms with E-state index in [1.165, 1.54) is 0 Å². The van der Waals surface area contributed by atoms with E-state index in [1.54, 1.807) is 6.07 Å². The maximum Gasteiger partial charge on any atom is 0.171 e. The first kappa shape index (κ1) is 14.0. The number of oxime groups is 1. The fourth-order valence-electron chi connectivity index (χ4n) is 2.41. The van der Waals surface area contributed by atoms with Gasteiger partial charge in [0.05, 0.1) is 17.2 Å². The first-order valence-corrected chi connectivity index (χ1v) is 6.54. The number of anilines is 1. The SMILES string of the molecule is CC1OCCC1N(C)c1ccc(/C(N)=N/O)c(Cl)c1. The number of hydrogen-bond donors (Lipinski definition) is 2. The van der Waals surface area contributed by atoms with E-state index < -0.39 is 0 Å². The van der Waals surface area contributed by atoms with Crippen molar-refractivity contribution in [3.63, 3.8) is 0 Å². The van der Waals surface area contributed by atoms with Crippen LogP contribution < -0.4 is 10.6 Å². The standard InChI is InChI=1S/C13H18ClN3O2/c1-8-12(5-6-19-8)17(2)9-3-4-10(11(14)7-9)13(15)16-18/h3-4,7-8,12,18H,5-6H2,1-2H3,(H2,15,16). The van der Waals surface area contributed by atoms with E-state index in [4.69, 9.17) is 27.3 Å². The van der Waals surface area contributed by atoms with E-state index in [0.717, 1.165) is 18.7 Å². The van der Waals surface area contributed by atoms with Crippen LogP contribution in [0.3, 0.4) is 0 Å². The van der Waals surface area contributed by atoms with Gasteiger partial charge in [0.15, 0.2) is 5.84 Å². The summed E-state index contributed by atoms with van der Waals surface area (Å²) in [6.07, 6.45) is 1.20. The second kappa shape index (κ2) is 5.67. The van der Waals surface area contributed by atoms with Gasteiger partial charge in [-0.25, -0.2) is 0 Å². The lowest BCUT2D eigenvalue weighted by atomic mass is 10.1. The summed E-state index contributed by atoms with van der Waals surface area (Å²) in [4.78, 5) is 2.15. The van der Waals surface area contributed by atoms with Crippen molar-refractivity contribution in [2.45, 2.75) is 25.5 Å². The number of hydrogen-bond acceptors (Lipinski definition) is 4. The first-order chi connectivity index (χ1) is 9.04. The van der Waals surface area contributed by atoms with E-state index in [1.807, 2.05) is 19.2 Å². The molecule has 0 radical (unpaired) electrons. The lowest BCUT2D eigenvalue weighted by molar-refractivity contribution is 0.118. The van der Waals surface area contributed by atoms with Crippen LogP contribution in [0.4, 0.5) is 5.69 Å². The van der Waals surface area contributed by atoms with Gasteiger partial charge in [0.2, 0.25) is 0 Å². The highest BCUT2D eigenvalue weighted by molar-refractivity contribution is 6.34. The van der Waals surface area contributed by atoms with Crippen LogP contribution in [-0.2, 0) is 4.74 Å². The largest absolute Gasteiger partial charge is 0.409 e. The average molecular weight is 284 g/mol. The minimum absolute atomic E-state index is 0.0109. The van der Waals surface area contributed by atoms with Crippen LogP contribution in [-0.4, -0.2) is 36.8 Å². The van der Waals surface area contributed by atoms with Crippen molar-refractivity contribution in [1.29, 1.82) is 0 Å². The predicted octanol–water partition coefficient (Wildman–Crippen LogP) is 2.05. The molecule has 2 unspecified atom stereocenters. The molecule has 1 heterocycles. The highest BCUT2D eigenvalue weighted by Crippen LogP contribution is 2.28. The lowest BCUT2D eigenvalue weighted by Gasteiger charge is -2.29. The zero-order valence-corrected chi connectivity index (χ0v) is 11.8.